The minimum atomic E-state index is -3.30. The highest BCUT2D eigenvalue weighted by Crippen LogP contribution is 2.31. The molecule has 0 saturated heterocycles. The van der Waals surface area contributed by atoms with Crippen molar-refractivity contribution >= 4 is 43.2 Å². The van der Waals surface area contributed by atoms with Crippen LogP contribution < -0.4 is 5.32 Å². The third-order valence-electron chi connectivity index (χ3n) is 4.91. The van der Waals surface area contributed by atoms with Crippen LogP contribution in [-0.2, 0) is 23.0 Å². The predicted molar refractivity (Wildman–Crippen MR) is 112 cm³/mol. The van der Waals surface area contributed by atoms with Crippen molar-refractivity contribution in [2.75, 3.05) is 11.9 Å². The van der Waals surface area contributed by atoms with Gasteiger partial charge in [0, 0.05) is 30.0 Å². The number of hydrogen-bond donors (Lipinski definition) is 1. The van der Waals surface area contributed by atoms with Crippen LogP contribution in [0.3, 0.4) is 0 Å². The zero-order valence-corrected chi connectivity index (χ0v) is 17.3. The van der Waals surface area contributed by atoms with Crippen molar-refractivity contribution in [2.45, 2.75) is 32.1 Å². The summed E-state index contributed by atoms with van der Waals surface area (Å²) in [7, 11) is -3.30. The highest BCUT2D eigenvalue weighted by Gasteiger charge is 2.31. The van der Waals surface area contributed by atoms with E-state index in [1.165, 1.54) is 15.6 Å². The van der Waals surface area contributed by atoms with E-state index in [0.29, 0.717) is 30.2 Å². The molecular weight excluding hydrogens is 394 g/mol. The smallest absolute Gasteiger partial charge is 0.258 e. The van der Waals surface area contributed by atoms with Gasteiger partial charge in [0.1, 0.15) is 0 Å². The summed E-state index contributed by atoms with van der Waals surface area (Å²) < 4.78 is 26.4. The molecule has 0 atom stereocenters. The Bertz CT molecular complexity index is 1150. The Kier molecular flexibility index (Phi) is 4.95. The Hall–Kier alpha value is -2.29. The number of aromatic nitrogens is 1. The fourth-order valence-corrected chi connectivity index (χ4v) is 5.68. The molecule has 28 heavy (non-hydrogen) atoms. The lowest BCUT2D eigenvalue weighted by molar-refractivity contribution is 0.102. The average Bonchev–Trinajstić information content (AvgIpc) is 3.08. The molecule has 3 aromatic rings. The van der Waals surface area contributed by atoms with Gasteiger partial charge >= 0.3 is 0 Å². The van der Waals surface area contributed by atoms with E-state index < -0.39 is 15.3 Å². The van der Waals surface area contributed by atoms with Gasteiger partial charge in [0.2, 0.25) is 10.0 Å². The lowest BCUT2D eigenvalue weighted by atomic mass is 10.0. The quantitative estimate of drug-likeness (QED) is 0.705. The molecule has 6 nitrogen and oxygen atoms in total. The van der Waals surface area contributed by atoms with Crippen LogP contribution in [0.15, 0.2) is 42.5 Å². The standard InChI is InChI=1S/C20H21N3O3S2/c1-13(2)28(25,26)23-11-10-17-18(12-23)27-20(21-17)22-19(24)16-9-5-7-14-6-3-4-8-15(14)16/h3-9,13H,10-12H2,1-2H3,(H,21,22,24). The summed E-state index contributed by atoms with van der Waals surface area (Å²) in [6.07, 6.45) is 0.557. The van der Waals surface area contributed by atoms with E-state index in [1.807, 2.05) is 36.4 Å². The molecular formula is C20H21N3O3S2. The van der Waals surface area contributed by atoms with Gasteiger partial charge in [-0.1, -0.05) is 36.4 Å². The maximum absolute atomic E-state index is 12.8. The number of hydrogen-bond acceptors (Lipinski definition) is 5. The number of carbonyl (C=O) groups is 1. The third kappa shape index (κ3) is 3.43. The molecule has 1 amide bonds. The minimum absolute atomic E-state index is 0.213. The van der Waals surface area contributed by atoms with E-state index in [4.69, 9.17) is 0 Å². The van der Waals surface area contributed by atoms with Crippen LogP contribution in [0.2, 0.25) is 0 Å². The molecule has 0 unspecified atom stereocenters. The molecule has 0 saturated carbocycles. The lowest BCUT2D eigenvalue weighted by Crippen LogP contribution is -2.39. The molecule has 146 valence electrons. The van der Waals surface area contributed by atoms with Gasteiger partial charge in [-0.25, -0.2) is 13.4 Å². The van der Waals surface area contributed by atoms with Crippen LogP contribution in [0.4, 0.5) is 5.13 Å². The van der Waals surface area contributed by atoms with Crippen LogP contribution in [0, 0.1) is 0 Å². The van der Waals surface area contributed by atoms with E-state index >= 15 is 0 Å². The van der Waals surface area contributed by atoms with Gasteiger partial charge in [-0.2, -0.15) is 4.31 Å². The summed E-state index contributed by atoms with van der Waals surface area (Å²) >= 11 is 1.35. The summed E-state index contributed by atoms with van der Waals surface area (Å²) in [6, 6.07) is 13.4. The van der Waals surface area contributed by atoms with E-state index in [9.17, 15) is 13.2 Å². The summed E-state index contributed by atoms with van der Waals surface area (Å²) in [5, 5.41) is 4.83. The van der Waals surface area contributed by atoms with E-state index in [0.717, 1.165) is 21.3 Å². The third-order valence-corrected chi connectivity index (χ3v) is 8.13. The number of benzene rings is 2. The highest BCUT2D eigenvalue weighted by molar-refractivity contribution is 7.89. The Labute approximate surface area is 168 Å². The Balaban J connectivity index is 1.56. The molecule has 1 aromatic heterocycles. The molecule has 8 heteroatoms. The summed E-state index contributed by atoms with van der Waals surface area (Å²) in [4.78, 5) is 18.2. The maximum Gasteiger partial charge on any atom is 0.258 e. The topological polar surface area (TPSA) is 79.4 Å². The van der Waals surface area contributed by atoms with Gasteiger partial charge in [0.15, 0.2) is 5.13 Å². The maximum atomic E-state index is 12.8. The first-order valence-electron chi connectivity index (χ1n) is 9.13. The lowest BCUT2D eigenvalue weighted by Gasteiger charge is -2.26. The molecule has 0 fully saturated rings. The second-order valence-corrected chi connectivity index (χ2v) is 10.6. The normalized spacial score (nSPS) is 15.0. The van der Waals surface area contributed by atoms with Gasteiger partial charge in [-0.05, 0) is 30.7 Å². The molecule has 2 aromatic carbocycles. The van der Waals surface area contributed by atoms with Crippen molar-refractivity contribution < 1.29 is 13.2 Å². The molecule has 4 rings (SSSR count). The number of amides is 1. The molecule has 1 aliphatic heterocycles. The van der Waals surface area contributed by atoms with Crippen molar-refractivity contribution in [3.05, 3.63) is 58.6 Å². The first-order chi connectivity index (χ1) is 13.4. The van der Waals surface area contributed by atoms with Crippen LogP contribution in [0.1, 0.15) is 34.8 Å². The van der Waals surface area contributed by atoms with Crippen molar-refractivity contribution in [2.24, 2.45) is 0 Å². The fraction of sp³-hybridized carbons (Fsp3) is 0.300. The van der Waals surface area contributed by atoms with Crippen molar-refractivity contribution in [1.82, 2.24) is 9.29 Å². The molecule has 0 aliphatic carbocycles. The van der Waals surface area contributed by atoms with Crippen molar-refractivity contribution in [1.29, 1.82) is 0 Å². The van der Waals surface area contributed by atoms with E-state index in [1.54, 1.807) is 19.9 Å². The van der Waals surface area contributed by atoms with Crippen molar-refractivity contribution in [3.63, 3.8) is 0 Å². The largest absolute Gasteiger partial charge is 0.298 e. The van der Waals surface area contributed by atoms with E-state index in [2.05, 4.69) is 10.3 Å². The van der Waals surface area contributed by atoms with Crippen molar-refractivity contribution in [3.8, 4) is 0 Å². The zero-order chi connectivity index (χ0) is 19.9. The van der Waals surface area contributed by atoms with Gasteiger partial charge < -0.3 is 0 Å². The number of nitrogens with zero attached hydrogens (tertiary/aromatic N) is 2. The fourth-order valence-electron chi connectivity index (χ4n) is 3.33. The van der Waals surface area contributed by atoms with Crippen LogP contribution in [0.5, 0.6) is 0 Å². The molecule has 0 spiro atoms. The van der Waals surface area contributed by atoms with Gasteiger partial charge in [0.05, 0.1) is 10.9 Å². The van der Waals surface area contributed by atoms with Gasteiger partial charge in [-0.3, -0.25) is 10.1 Å². The van der Waals surface area contributed by atoms with Crippen LogP contribution >= 0.6 is 11.3 Å². The Morgan fingerprint density at radius 2 is 1.93 bits per heavy atom. The van der Waals surface area contributed by atoms with E-state index in [-0.39, 0.29) is 5.91 Å². The SMILES string of the molecule is CC(C)S(=O)(=O)N1CCc2nc(NC(=O)c3cccc4ccccc34)sc2C1. The summed E-state index contributed by atoms with van der Waals surface area (Å²) in [6.45, 7) is 4.12. The number of thiazole rings is 1. The number of fused-ring (bicyclic) bond motifs is 2. The monoisotopic (exact) mass is 415 g/mol. The molecule has 0 bridgehead atoms. The summed E-state index contributed by atoms with van der Waals surface area (Å²) in [5.41, 5.74) is 1.46. The van der Waals surface area contributed by atoms with Gasteiger partial charge in [-0.15, -0.1) is 11.3 Å². The number of carbonyl (C=O) groups excluding carboxylic acids is 1. The number of rotatable bonds is 4. The van der Waals surface area contributed by atoms with Crippen LogP contribution in [-0.4, -0.2) is 35.4 Å². The molecule has 1 N–H and O–H groups in total. The van der Waals surface area contributed by atoms with Gasteiger partial charge in [0.25, 0.3) is 5.91 Å². The summed E-state index contributed by atoms with van der Waals surface area (Å²) in [5.74, 6) is -0.213. The molecule has 2 heterocycles. The molecule has 1 aliphatic rings. The predicted octanol–water partition coefficient (Wildman–Crippen LogP) is 3.64. The zero-order valence-electron chi connectivity index (χ0n) is 15.7. The Morgan fingerprint density at radius 1 is 1.18 bits per heavy atom. The van der Waals surface area contributed by atoms with Crippen LogP contribution in [0.25, 0.3) is 10.8 Å². The highest BCUT2D eigenvalue weighted by atomic mass is 32.2. The number of anilines is 1. The number of sulfonamides is 1. The Morgan fingerprint density at radius 3 is 2.71 bits per heavy atom. The average molecular weight is 416 g/mol. The second-order valence-electron chi connectivity index (χ2n) is 7.05. The second kappa shape index (κ2) is 7.27. The first kappa shape index (κ1) is 19.0. The number of nitrogens with one attached hydrogen (secondary N) is 1. The first-order valence-corrected chi connectivity index (χ1v) is 11.4. The molecule has 0 radical (unpaired) electrons. The minimum Gasteiger partial charge on any atom is -0.298 e.